The topological polar surface area (TPSA) is 166 Å². The van der Waals surface area contributed by atoms with Gasteiger partial charge in [-0.1, -0.05) is 36.4 Å². The Morgan fingerprint density at radius 2 is 1.81 bits per heavy atom. The number of anilines is 2. The number of para-hydroxylation sites is 1. The molecule has 0 aliphatic heterocycles. The number of nitrogens with one attached hydrogen (secondary N) is 1. The average molecular weight is 498 g/mol. The Balaban J connectivity index is 1.90. The highest BCUT2D eigenvalue weighted by molar-refractivity contribution is 5.99. The summed E-state index contributed by atoms with van der Waals surface area (Å²) in [5.41, 5.74) is 4.81. The number of nitrogens with zero attached hydrogens (tertiary/aromatic N) is 2. The van der Waals surface area contributed by atoms with Crippen LogP contribution in [0, 0.1) is 0 Å². The van der Waals surface area contributed by atoms with E-state index >= 15 is 0 Å². The summed E-state index contributed by atoms with van der Waals surface area (Å²) < 4.78 is 16.2. The number of ether oxygens (including phenoxy) is 3. The number of methoxy groups -OCH3 is 2. The number of phenolic OH excluding ortho intramolecular Hbond substituents is 1. The Hall–Kier alpha value is -4.58. The number of carbonyl (C=O) groups is 2. The lowest BCUT2D eigenvalue weighted by Gasteiger charge is -2.24. The van der Waals surface area contributed by atoms with Gasteiger partial charge in [-0.2, -0.15) is 0 Å². The van der Waals surface area contributed by atoms with Gasteiger partial charge in [0.05, 0.1) is 20.3 Å². The van der Waals surface area contributed by atoms with E-state index in [4.69, 9.17) is 19.9 Å². The Morgan fingerprint density at radius 3 is 2.47 bits per heavy atom. The van der Waals surface area contributed by atoms with Crippen LogP contribution in [0.3, 0.4) is 0 Å². The highest BCUT2D eigenvalue weighted by Crippen LogP contribution is 2.29. The molecule has 3 rings (SSSR count). The van der Waals surface area contributed by atoms with Crippen molar-refractivity contribution in [2.45, 2.75) is 6.54 Å². The summed E-state index contributed by atoms with van der Waals surface area (Å²) in [5, 5.41) is 10.1. The molecule has 36 heavy (non-hydrogen) atoms. The van der Waals surface area contributed by atoms with Crippen molar-refractivity contribution in [2.75, 3.05) is 44.6 Å². The van der Waals surface area contributed by atoms with Crippen molar-refractivity contribution in [3.63, 3.8) is 0 Å². The number of hydrogen-bond acceptors (Lipinski definition) is 9. The summed E-state index contributed by atoms with van der Waals surface area (Å²) in [6, 6.07) is 13.1. The molecule has 0 fully saturated rings. The first-order chi connectivity index (χ1) is 17.3. The van der Waals surface area contributed by atoms with E-state index < -0.39 is 35.5 Å². The minimum Gasteiger partial charge on any atom is -0.504 e. The van der Waals surface area contributed by atoms with Gasteiger partial charge in [0.2, 0.25) is 0 Å². The molecule has 1 aromatic heterocycles. The van der Waals surface area contributed by atoms with Crippen LogP contribution in [0.5, 0.6) is 11.5 Å². The minimum absolute atomic E-state index is 0.0209. The number of phenols is 1. The van der Waals surface area contributed by atoms with Crippen molar-refractivity contribution < 1.29 is 28.9 Å². The van der Waals surface area contributed by atoms with E-state index in [9.17, 15) is 24.3 Å². The number of aromatic amines is 1. The number of nitrogen functional groups attached to an aromatic ring is 1. The van der Waals surface area contributed by atoms with Crippen LogP contribution in [0.4, 0.5) is 11.5 Å². The van der Waals surface area contributed by atoms with Crippen LogP contribution in [0.1, 0.15) is 15.9 Å². The van der Waals surface area contributed by atoms with Crippen LogP contribution < -0.4 is 26.6 Å². The van der Waals surface area contributed by atoms with Crippen LogP contribution in [-0.4, -0.2) is 60.5 Å². The van der Waals surface area contributed by atoms with Gasteiger partial charge in [0.15, 0.2) is 23.8 Å². The fourth-order valence-corrected chi connectivity index (χ4v) is 3.44. The van der Waals surface area contributed by atoms with Gasteiger partial charge < -0.3 is 25.1 Å². The average Bonchev–Trinajstić information content (AvgIpc) is 2.87. The molecule has 12 heteroatoms. The molecule has 0 saturated heterocycles. The highest BCUT2D eigenvalue weighted by atomic mass is 16.5. The maximum Gasteiger partial charge on any atom is 0.342 e. The largest absolute Gasteiger partial charge is 0.504 e. The number of amides is 1. The van der Waals surface area contributed by atoms with Crippen molar-refractivity contribution in [1.82, 2.24) is 9.55 Å². The van der Waals surface area contributed by atoms with Gasteiger partial charge in [-0.25, -0.2) is 9.59 Å². The zero-order valence-corrected chi connectivity index (χ0v) is 19.7. The zero-order valence-electron chi connectivity index (χ0n) is 19.7. The standard InChI is InChI=1S/C24H26N4O8/c1-34-12-11-27(18(29)14-36-23(32)16-9-6-10-17(35-2)20(16)30)19-21(25)28(24(33)26-22(19)31)13-15-7-4-3-5-8-15/h3-10,30H,11-14,25H2,1-2H3,(H,26,31,33). The molecule has 0 aliphatic rings. The fourth-order valence-electron chi connectivity index (χ4n) is 3.44. The van der Waals surface area contributed by atoms with Gasteiger partial charge >= 0.3 is 11.7 Å². The molecule has 1 heterocycles. The van der Waals surface area contributed by atoms with Crippen molar-refractivity contribution in [3.05, 3.63) is 80.5 Å². The Bertz CT molecular complexity index is 1350. The van der Waals surface area contributed by atoms with Gasteiger partial charge in [0, 0.05) is 13.7 Å². The van der Waals surface area contributed by atoms with E-state index in [1.54, 1.807) is 24.3 Å². The van der Waals surface area contributed by atoms with E-state index in [1.807, 2.05) is 6.07 Å². The SMILES string of the molecule is COCCN(C(=O)COC(=O)c1cccc(OC)c1O)c1c(N)n(Cc2ccccc2)c(=O)[nH]c1=O. The van der Waals surface area contributed by atoms with Crippen molar-refractivity contribution in [3.8, 4) is 11.5 Å². The molecule has 0 atom stereocenters. The van der Waals surface area contributed by atoms with E-state index in [0.717, 1.165) is 15.0 Å². The van der Waals surface area contributed by atoms with Crippen LogP contribution in [0.2, 0.25) is 0 Å². The molecule has 0 unspecified atom stereocenters. The maximum atomic E-state index is 13.1. The van der Waals surface area contributed by atoms with Crippen LogP contribution in [-0.2, 0) is 20.8 Å². The number of nitrogens with two attached hydrogens (primary N) is 1. The first kappa shape index (κ1) is 26.0. The minimum atomic E-state index is -0.984. The maximum absolute atomic E-state index is 13.1. The second-order valence-electron chi connectivity index (χ2n) is 7.54. The van der Waals surface area contributed by atoms with E-state index in [2.05, 4.69) is 4.98 Å². The third-order valence-electron chi connectivity index (χ3n) is 5.25. The lowest BCUT2D eigenvalue weighted by molar-refractivity contribution is -0.121. The summed E-state index contributed by atoms with van der Waals surface area (Å²) in [7, 11) is 2.72. The molecule has 1 amide bonds. The van der Waals surface area contributed by atoms with Crippen LogP contribution >= 0.6 is 0 Å². The summed E-state index contributed by atoms with van der Waals surface area (Å²) in [6.07, 6.45) is 0. The van der Waals surface area contributed by atoms with Crippen molar-refractivity contribution in [2.24, 2.45) is 0 Å². The van der Waals surface area contributed by atoms with E-state index in [1.165, 1.54) is 32.4 Å². The van der Waals surface area contributed by atoms with Gasteiger partial charge in [0.25, 0.3) is 11.5 Å². The van der Waals surface area contributed by atoms with Crippen LogP contribution in [0.25, 0.3) is 0 Å². The second-order valence-corrected chi connectivity index (χ2v) is 7.54. The third-order valence-corrected chi connectivity index (χ3v) is 5.25. The van der Waals surface area contributed by atoms with Gasteiger partial charge in [-0.05, 0) is 17.7 Å². The monoisotopic (exact) mass is 498 g/mol. The number of rotatable bonds is 10. The molecular weight excluding hydrogens is 472 g/mol. The number of H-pyrrole nitrogens is 1. The molecule has 2 aromatic carbocycles. The summed E-state index contributed by atoms with van der Waals surface area (Å²) in [5.74, 6) is -2.42. The molecule has 0 aliphatic carbocycles. The number of carbonyl (C=O) groups excluding carboxylic acids is 2. The molecule has 190 valence electrons. The van der Waals surface area contributed by atoms with E-state index in [0.29, 0.717) is 0 Å². The lowest BCUT2D eigenvalue weighted by Crippen LogP contribution is -2.44. The zero-order chi connectivity index (χ0) is 26.2. The predicted octanol–water partition coefficient (Wildman–Crippen LogP) is 0.718. The number of esters is 1. The molecule has 12 nitrogen and oxygen atoms in total. The summed E-state index contributed by atoms with van der Waals surface area (Å²) in [4.78, 5) is 53.9. The number of benzene rings is 2. The van der Waals surface area contributed by atoms with E-state index in [-0.39, 0.29) is 42.5 Å². The molecule has 0 saturated carbocycles. The first-order valence-corrected chi connectivity index (χ1v) is 10.8. The Morgan fingerprint density at radius 1 is 1.08 bits per heavy atom. The lowest BCUT2D eigenvalue weighted by atomic mass is 10.2. The predicted molar refractivity (Wildman–Crippen MR) is 130 cm³/mol. The van der Waals surface area contributed by atoms with Crippen molar-refractivity contribution >= 4 is 23.4 Å². The smallest absolute Gasteiger partial charge is 0.342 e. The Labute approximate surface area is 205 Å². The molecule has 0 bridgehead atoms. The Kier molecular flexibility index (Phi) is 8.47. The molecule has 0 radical (unpaired) electrons. The van der Waals surface area contributed by atoms with Crippen molar-refractivity contribution in [1.29, 1.82) is 0 Å². The fraction of sp³-hybridized carbons (Fsp3) is 0.250. The van der Waals surface area contributed by atoms with Crippen LogP contribution in [0.15, 0.2) is 58.1 Å². The molecule has 4 N–H and O–H groups in total. The third kappa shape index (κ3) is 5.73. The normalized spacial score (nSPS) is 10.6. The molecular formula is C24H26N4O8. The summed E-state index contributed by atoms with van der Waals surface area (Å²) in [6.45, 7) is -0.831. The highest BCUT2D eigenvalue weighted by Gasteiger charge is 2.26. The first-order valence-electron chi connectivity index (χ1n) is 10.8. The second kappa shape index (κ2) is 11.7. The van der Waals surface area contributed by atoms with Gasteiger partial charge in [-0.15, -0.1) is 0 Å². The summed E-state index contributed by atoms with van der Waals surface area (Å²) >= 11 is 0. The number of aromatic hydroxyl groups is 1. The van der Waals surface area contributed by atoms with Gasteiger partial charge in [-0.3, -0.25) is 24.0 Å². The number of hydrogen-bond donors (Lipinski definition) is 3. The quantitative estimate of drug-likeness (QED) is 0.341. The molecule has 3 aromatic rings. The molecule has 0 spiro atoms. The van der Waals surface area contributed by atoms with Gasteiger partial charge in [0.1, 0.15) is 11.4 Å². The number of aromatic nitrogens is 2.